The van der Waals surface area contributed by atoms with Crippen molar-refractivity contribution < 1.29 is 18.7 Å². The second kappa shape index (κ2) is 18.0. The normalized spacial score (nSPS) is 10.9. The molecule has 0 bridgehead atoms. The maximum atomic E-state index is 12.0. The Balaban J connectivity index is 1.84. The molecule has 30 heavy (non-hydrogen) atoms. The predicted octanol–water partition coefficient (Wildman–Crippen LogP) is 6.77. The van der Waals surface area contributed by atoms with Gasteiger partial charge in [0.15, 0.2) is 5.76 Å². The Hall–Kier alpha value is -1.78. The number of hydrogen-bond acceptors (Lipinski definition) is 4. The lowest BCUT2D eigenvalue weighted by molar-refractivity contribution is -0.144. The van der Waals surface area contributed by atoms with Crippen molar-refractivity contribution in [1.29, 1.82) is 0 Å². The first-order valence-corrected chi connectivity index (χ1v) is 12.1. The van der Waals surface area contributed by atoms with Crippen molar-refractivity contribution in [3.63, 3.8) is 0 Å². The minimum absolute atomic E-state index is 0.0573. The summed E-state index contributed by atoms with van der Waals surface area (Å²) in [7, 11) is 1.57. The summed E-state index contributed by atoms with van der Waals surface area (Å²) >= 11 is 0. The molecule has 0 saturated heterocycles. The average molecular weight is 422 g/mol. The molecule has 0 aliphatic heterocycles. The minimum atomic E-state index is -0.372. The number of carbonyl (C=O) groups excluding carboxylic acids is 2. The molecular weight excluding hydrogens is 378 g/mol. The van der Waals surface area contributed by atoms with E-state index in [1.165, 1.54) is 94.6 Å². The van der Waals surface area contributed by atoms with Crippen LogP contribution in [0.1, 0.15) is 114 Å². The molecular formula is C25H43NO4. The van der Waals surface area contributed by atoms with Gasteiger partial charge in [0.1, 0.15) is 6.54 Å². The van der Waals surface area contributed by atoms with Gasteiger partial charge in [0.2, 0.25) is 0 Å². The quantitative estimate of drug-likeness (QED) is 0.183. The van der Waals surface area contributed by atoms with Gasteiger partial charge in [-0.1, -0.05) is 96.8 Å². The van der Waals surface area contributed by atoms with Gasteiger partial charge in [0, 0.05) is 7.05 Å². The highest BCUT2D eigenvalue weighted by atomic mass is 16.5. The minimum Gasteiger partial charge on any atom is -0.464 e. The first-order valence-electron chi connectivity index (χ1n) is 12.1. The van der Waals surface area contributed by atoms with Crippen LogP contribution in [0, 0.1) is 0 Å². The van der Waals surface area contributed by atoms with Crippen LogP contribution in [0.5, 0.6) is 0 Å². The number of unbranched alkanes of at least 4 members (excludes halogenated alkanes) is 14. The summed E-state index contributed by atoms with van der Waals surface area (Å²) < 4.78 is 10.3. The molecule has 172 valence electrons. The molecule has 5 nitrogen and oxygen atoms in total. The standard InChI is InChI=1S/C25H43NO4/c1-3-4-5-6-7-8-9-10-11-12-13-14-15-16-17-20-30-24(27)22-26(2)25(28)23-19-18-21-29-23/h18-19,21H,3-17,20,22H2,1-2H3. The lowest BCUT2D eigenvalue weighted by Gasteiger charge is -2.14. The highest BCUT2D eigenvalue weighted by Gasteiger charge is 2.17. The summed E-state index contributed by atoms with van der Waals surface area (Å²) in [5.41, 5.74) is 0. The van der Waals surface area contributed by atoms with E-state index in [1.807, 2.05) is 0 Å². The largest absolute Gasteiger partial charge is 0.464 e. The molecule has 0 radical (unpaired) electrons. The zero-order valence-electron chi connectivity index (χ0n) is 19.3. The molecule has 0 N–H and O–H groups in total. The van der Waals surface area contributed by atoms with Crippen LogP contribution < -0.4 is 0 Å². The second-order valence-electron chi connectivity index (χ2n) is 8.31. The summed E-state index contributed by atoms with van der Waals surface area (Å²) in [6.45, 7) is 2.64. The summed E-state index contributed by atoms with van der Waals surface area (Å²) in [5.74, 6) is -0.459. The van der Waals surface area contributed by atoms with Crippen molar-refractivity contribution in [2.24, 2.45) is 0 Å². The monoisotopic (exact) mass is 421 g/mol. The van der Waals surface area contributed by atoms with Gasteiger partial charge >= 0.3 is 5.97 Å². The van der Waals surface area contributed by atoms with Gasteiger partial charge in [-0.15, -0.1) is 0 Å². The summed E-state index contributed by atoms with van der Waals surface area (Å²) in [5, 5.41) is 0. The van der Waals surface area contributed by atoms with Crippen LogP contribution in [0.4, 0.5) is 0 Å². The molecule has 0 saturated carbocycles. The number of likely N-dealkylation sites (N-methyl/N-ethyl adjacent to an activating group) is 1. The van der Waals surface area contributed by atoms with Crippen molar-refractivity contribution >= 4 is 11.9 Å². The lowest BCUT2D eigenvalue weighted by Crippen LogP contribution is -2.32. The van der Waals surface area contributed by atoms with Crippen LogP contribution in [-0.2, 0) is 9.53 Å². The van der Waals surface area contributed by atoms with Gasteiger partial charge in [-0.05, 0) is 18.6 Å². The van der Waals surface area contributed by atoms with Crippen LogP contribution in [-0.4, -0.2) is 37.0 Å². The van der Waals surface area contributed by atoms with E-state index in [0.717, 1.165) is 12.8 Å². The van der Waals surface area contributed by atoms with Crippen molar-refractivity contribution in [2.45, 2.75) is 103 Å². The molecule has 0 aliphatic rings. The summed E-state index contributed by atoms with van der Waals surface area (Å²) in [4.78, 5) is 25.1. The summed E-state index contributed by atoms with van der Waals surface area (Å²) in [6, 6.07) is 3.23. The first kappa shape index (κ1) is 26.3. The molecule has 1 aromatic rings. The van der Waals surface area contributed by atoms with Crippen molar-refractivity contribution in [3.8, 4) is 0 Å². The molecule has 1 amide bonds. The topological polar surface area (TPSA) is 59.8 Å². The van der Waals surface area contributed by atoms with Gasteiger partial charge in [0.25, 0.3) is 5.91 Å². The fourth-order valence-electron chi connectivity index (χ4n) is 3.56. The maximum absolute atomic E-state index is 12.0. The third-order valence-corrected chi connectivity index (χ3v) is 5.46. The molecule has 0 aliphatic carbocycles. The predicted molar refractivity (Wildman–Crippen MR) is 122 cm³/mol. The van der Waals surface area contributed by atoms with Crippen molar-refractivity contribution in [1.82, 2.24) is 4.90 Å². The third kappa shape index (κ3) is 13.4. The van der Waals surface area contributed by atoms with E-state index < -0.39 is 0 Å². The van der Waals surface area contributed by atoms with Crippen molar-refractivity contribution in [2.75, 3.05) is 20.2 Å². The van der Waals surface area contributed by atoms with E-state index in [9.17, 15) is 9.59 Å². The van der Waals surface area contributed by atoms with Crippen LogP contribution in [0.3, 0.4) is 0 Å². The SMILES string of the molecule is CCCCCCCCCCCCCCCCCOC(=O)CN(C)C(=O)c1ccco1. The van der Waals surface area contributed by atoms with E-state index in [4.69, 9.17) is 9.15 Å². The van der Waals surface area contributed by atoms with E-state index in [1.54, 1.807) is 19.2 Å². The maximum Gasteiger partial charge on any atom is 0.325 e. The number of nitrogens with zero attached hydrogens (tertiary/aromatic N) is 1. The van der Waals surface area contributed by atoms with Crippen LogP contribution in [0.15, 0.2) is 22.8 Å². The van der Waals surface area contributed by atoms with Gasteiger partial charge in [-0.25, -0.2) is 0 Å². The van der Waals surface area contributed by atoms with E-state index in [2.05, 4.69) is 6.92 Å². The van der Waals surface area contributed by atoms with Gasteiger partial charge < -0.3 is 14.1 Å². The second-order valence-corrected chi connectivity index (χ2v) is 8.31. The smallest absolute Gasteiger partial charge is 0.325 e. The molecule has 0 unspecified atom stereocenters. The molecule has 5 heteroatoms. The molecule has 1 aromatic heterocycles. The zero-order valence-corrected chi connectivity index (χ0v) is 19.3. The lowest BCUT2D eigenvalue weighted by atomic mass is 10.0. The number of rotatable bonds is 19. The first-order chi connectivity index (χ1) is 14.6. The van der Waals surface area contributed by atoms with Gasteiger partial charge in [-0.2, -0.15) is 0 Å². The molecule has 0 fully saturated rings. The van der Waals surface area contributed by atoms with E-state index in [0.29, 0.717) is 6.61 Å². The number of furan rings is 1. The molecule has 1 rings (SSSR count). The van der Waals surface area contributed by atoms with Crippen LogP contribution in [0.25, 0.3) is 0 Å². The van der Waals surface area contributed by atoms with Gasteiger partial charge in [0.05, 0.1) is 12.9 Å². The Morgan fingerprint density at radius 3 is 1.80 bits per heavy atom. The summed E-state index contributed by atoms with van der Waals surface area (Å²) in [6.07, 6.45) is 21.1. The number of amides is 1. The molecule has 0 spiro atoms. The fourth-order valence-corrected chi connectivity index (χ4v) is 3.56. The van der Waals surface area contributed by atoms with Crippen LogP contribution >= 0.6 is 0 Å². The fraction of sp³-hybridized carbons (Fsp3) is 0.760. The Morgan fingerprint density at radius 2 is 1.33 bits per heavy atom. The van der Waals surface area contributed by atoms with E-state index >= 15 is 0 Å². The Morgan fingerprint density at radius 1 is 0.833 bits per heavy atom. The van der Waals surface area contributed by atoms with E-state index in [-0.39, 0.29) is 24.2 Å². The van der Waals surface area contributed by atoms with Crippen molar-refractivity contribution in [3.05, 3.63) is 24.2 Å². The Labute approximate surface area is 183 Å². The zero-order chi connectivity index (χ0) is 21.9. The molecule has 1 heterocycles. The number of hydrogen-bond donors (Lipinski definition) is 0. The molecule has 0 aromatic carbocycles. The van der Waals surface area contributed by atoms with Gasteiger partial charge in [-0.3, -0.25) is 9.59 Å². The Kier molecular flexibility index (Phi) is 15.8. The Bertz CT molecular complexity index is 541. The average Bonchev–Trinajstić information content (AvgIpc) is 3.27. The third-order valence-electron chi connectivity index (χ3n) is 5.46. The number of ether oxygens (including phenoxy) is 1. The highest BCUT2D eigenvalue weighted by molar-refractivity contribution is 5.93. The number of esters is 1. The number of carbonyl (C=O) groups is 2. The molecule has 0 atom stereocenters. The van der Waals surface area contributed by atoms with Crippen LogP contribution in [0.2, 0.25) is 0 Å². The highest BCUT2D eigenvalue weighted by Crippen LogP contribution is 2.13.